The predicted molar refractivity (Wildman–Crippen MR) is 108 cm³/mol. The van der Waals surface area contributed by atoms with E-state index in [1.165, 1.54) is 10.3 Å². The first kappa shape index (κ1) is 20.6. The number of benzene rings is 1. The number of methoxy groups -OCH3 is 2. The Morgan fingerprint density at radius 3 is 2.60 bits per heavy atom. The van der Waals surface area contributed by atoms with Crippen molar-refractivity contribution in [3.63, 3.8) is 0 Å². The van der Waals surface area contributed by atoms with E-state index in [-0.39, 0.29) is 23.1 Å². The summed E-state index contributed by atoms with van der Waals surface area (Å²) in [5.41, 5.74) is 4.17. The van der Waals surface area contributed by atoms with Crippen LogP contribution in [0.15, 0.2) is 23.7 Å². The highest BCUT2D eigenvalue weighted by Crippen LogP contribution is 2.27. The molecule has 0 amide bonds. The molecule has 0 unspecified atom stereocenters. The number of aromatic nitrogens is 1. The van der Waals surface area contributed by atoms with Crippen molar-refractivity contribution in [3.05, 3.63) is 29.3 Å². The lowest BCUT2D eigenvalue weighted by molar-refractivity contribution is -0.119. The molecule has 2 aromatic rings. The number of hydrogen-bond acceptors (Lipinski definition) is 7. The van der Waals surface area contributed by atoms with Crippen LogP contribution < -0.4 is 10.0 Å². The first-order chi connectivity index (χ1) is 11.8. The van der Waals surface area contributed by atoms with E-state index in [1.807, 2.05) is 5.51 Å². The summed E-state index contributed by atoms with van der Waals surface area (Å²) in [4.78, 5) is 4.44. The molecule has 7 heteroatoms. The Balaban J connectivity index is 2.11. The van der Waals surface area contributed by atoms with Gasteiger partial charge in [0, 0.05) is 25.5 Å². The predicted octanol–water partition coefficient (Wildman–Crippen LogP) is 3.97. The maximum atomic E-state index is 5.34. The zero-order valence-electron chi connectivity index (χ0n) is 15.8. The van der Waals surface area contributed by atoms with Crippen LogP contribution in [0.4, 0.5) is 0 Å². The minimum absolute atomic E-state index is 0.0851. The summed E-state index contributed by atoms with van der Waals surface area (Å²) >= 11 is 3.41. The van der Waals surface area contributed by atoms with Gasteiger partial charge < -0.3 is 14.8 Å². The molecule has 0 radical (unpaired) electrons. The molecule has 1 aromatic heterocycles. The molecule has 0 bridgehead atoms. The molecule has 1 heterocycles. The van der Waals surface area contributed by atoms with Gasteiger partial charge in [0.25, 0.3) is 0 Å². The van der Waals surface area contributed by atoms with E-state index in [9.17, 15) is 0 Å². The van der Waals surface area contributed by atoms with Crippen LogP contribution >= 0.6 is 23.3 Å². The average Bonchev–Trinajstić information content (AvgIpc) is 3.02. The van der Waals surface area contributed by atoms with Crippen molar-refractivity contribution in [2.45, 2.75) is 50.8 Å². The van der Waals surface area contributed by atoms with E-state index in [4.69, 9.17) is 9.47 Å². The second-order valence-electron chi connectivity index (χ2n) is 7.00. The molecule has 2 N–H and O–H groups in total. The fraction of sp³-hybridized carbons (Fsp3) is 0.611. The Bertz CT molecular complexity index is 653. The summed E-state index contributed by atoms with van der Waals surface area (Å²) in [5, 5.41) is 3.52. The van der Waals surface area contributed by atoms with Gasteiger partial charge in [-0.05, 0) is 45.4 Å². The molecule has 5 nitrogen and oxygen atoms in total. The van der Waals surface area contributed by atoms with E-state index < -0.39 is 0 Å². The van der Waals surface area contributed by atoms with Crippen molar-refractivity contribution in [3.8, 4) is 0 Å². The van der Waals surface area contributed by atoms with E-state index in [0.29, 0.717) is 0 Å². The van der Waals surface area contributed by atoms with Crippen molar-refractivity contribution < 1.29 is 9.47 Å². The zero-order valence-corrected chi connectivity index (χ0v) is 17.5. The fourth-order valence-corrected chi connectivity index (χ4v) is 3.85. The molecule has 25 heavy (non-hydrogen) atoms. The third-order valence-corrected chi connectivity index (χ3v) is 5.61. The van der Waals surface area contributed by atoms with Crippen LogP contribution in [-0.4, -0.2) is 42.8 Å². The first-order valence-electron chi connectivity index (χ1n) is 8.39. The van der Waals surface area contributed by atoms with Crippen LogP contribution in [0.25, 0.3) is 10.2 Å². The van der Waals surface area contributed by atoms with Crippen molar-refractivity contribution >= 4 is 33.5 Å². The van der Waals surface area contributed by atoms with Crippen LogP contribution in [0.1, 0.15) is 39.3 Å². The summed E-state index contributed by atoms with van der Waals surface area (Å²) < 4.78 is 15.6. The van der Waals surface area contributed by atoms with Gasteiger partial charge >= 0.3 is 0 Å². The molecule has 1 aromatic carbocycles. The van der Waals surface area contributed by atoms with Crippen LogP contribution in [0, 0.1) is 0 Å². The Kier molecular flexibility index (Phi) is 7.67. The molecule has 0 aliphatic heterocycles. The Morgan fingerprint density at radius 1 is 1.24 bits per heavy atom. The maximum absolute atomic E-state index is 5.34. The summed E-state index contributed by atoms with van der Waals surface area (Å²) in [6.45, 7) is 9.44. The smallest absolute Gasteiger partial charge is 0.171 e. The van der Waals surface area contributed by atoms with Gasteiger partial charge in [-0.15, -0.1) is 11.3 Å². The second-order valence-corrected chi connectivity index (χ2v) is 9.55. The minimum Gasteiger partial charge on any atom is -0.354 e. The maximum Gasteiger partial charge on any atom is 0.171 e. The number of fused-ring (bicyclic) bond motifs is 1. The van der Waals surface area contributed by atoms with Crippen molar-refractivity contribution in [1.82, 2.24) is 15.0 Å². The highest BCUT2D eigenvalue weighted by Gasteiger charge is 2.21. The van der Waals surface area contributed by atoms with E-state index in [1.54, 1.807) is 37.5 Å². The molecule has 0 fully saturated rings. The third kappa shape index (κ3) is 6.20. The van der Waals surface area contributed by atoms with Gasteiger partial charge in [0.05, 0.1) is 27.8 Å². The second kappa shape index (κ2) is 9.30. The molecule has 2 rings (SSSR count). The monoisotopic (exact) mass is 383 g/mol. The van der Waals surface area contributed by atoms with Crippen LogP contribution in [0.5, 0.6) is 0 Å². The van der Waals surface area contributed by atoms with Crippen LogP contribution in [-0.2, 0) is 9.47 Å². The third-order valence-electron chi connectivity index (χ3n) is 3.78. The van der Waals surface area contributed by atoms with Gasteiger partial charge in [-0.2, -0.15) is 0 Å². The molecule has 0 saturated carbocycles. The van der Waals surface area contributed by atoms with Gasteiger partial charge in [-0.1, -0.05) is 18.0 Å². The van der Waals surface area contributed by atoms with Gasteiger partial charge in [-0.25, -0.2) is 4.98 Å². The van der Waals surface area contributed by atoms with E-state index in [0.717, 1.165) is 12.1 Å². The lowest BCUT2D eigenvalue weighted by Gasteiger charge is -2.28. The summed E-state index contributed by atoms with van der Waals surface area (Å²) in [6, 6.07) is 6.74. The van der Waals surface area contributed by atoms with Gasteiger partial charge in [0.2, 0.25) is 0 Å². The SMILES string of the molecule is COC(OC)[C@@H](C)NC[C@@H](NSC(C)(C)C)c1ccc2scnc2c1. The van der Waals surface area contributed by atoms with E-state index in [2.05, 4.69) is 60.9 Å². The largest absolute Gasteiger partial charge is 0.354 e. The molecule has 0 aliphatic carbocycles. The number of nitrogens with one attached hydrogen (secondary N) is 2. The number of thiazole rings is 1. The highest BCUT2D eigenvalue weighted by atomic mass is 32.2. The molecule has 0 spiro atoms. The number of hydrogen-bond donors (Lipinski definition) is 2. The lowest BCUT2D eigenvalue weighted by Crippen LogP contribution is -2.43. The minimum atomic E-state index is -0.267. The van der Waals surface area contributed by atoms with Crippen molar-refractivity contribution in [2.75, 3.05) is 20.8 Å². The number of rotatable bonds is 9. The Hall–Kier alpha value is -0.700. The lowest BCUT2D eigenvalue weighted by atomic mass is 10.1. The highest BCUT2D eigenvalue weighted by molar-refractivity contribution is 7.98. The number of ether oxygens (including phenoxy) is 2. The van der Waals surface area contributed by atoms with Crippen molar-refractivity contribution in [1.29, 1.82) is 0 Å². The van der Waals surface area contributed by atoms with Crippen LogP contribution in [0.2, 0.25) is 0 Å². The standard InChI is InChI=1S/C18H29N3O2S2/c1-12(17(22-5)23-6)19-10-15(21-25-18(2,3)4)13-7-8-16-14(9-13)20-11-24-16/h7-9,11-12,15,17,19,21H,10H2,1-6H3/t12-,15-/m1/s1. The molecule has 0 aliphatic rings. The quantitative estimate of drug-likeness (QED) is 0.505. The summed E-state index contributed by atoms with van der Waals surface area (Å²) in [5.74, 6) is 0. The summed E-state index contributed by atoms with van der Waals surface area (Å²) in [7, 11) is 3.32. The zero-order chi connectivity index (χ0) is 18.4. The van der Waals surface area contributed by atoms with Crippen LogP contribution in [0.3, 0.4) is 0 Å². The van der Waals surface area contributed by atoms with Gasteiger partial charge in [0.1, 0.15) is 0 Å². The Morgan fingerprint density at radius 2 is 1.96 bits per heavy atom. The van der Waals surface area contributed by atoms with Crippen molar-refractivity contribution in [2.24, 2.45) is 0 Å². The first-order valence-corrected chi connectivity index (χ1v) is 10.1. The molecular weight excluding hydrogens is 354 g/mol. The Labute approximate surface area is 159 Å². The fourth-order valence-electron chi connectivity index (χ4n) is 2.47. The van der Waals surface area contributed by atoms with E-state index >= 15 is 0 Å². The van der Waals surface area contributed by atoms with Gasteiger partial charge in [-0.3, -0.25) is 4.72 Å². The topological polar surface area (TPSA) is 55.4 Å². The van der Waals surface area contributed by atoms with Gasteiger partial charge in [0.15, 0.2) is 6.29 Å². The summed E-state index contributed by atoms with van der Waals surface area (Å²) in [6.07, 6.45) is -0.267. The molecule has 140 valence electrons. The molecule has 2 atom stereocenters. The molecule has 0 saturated heterocycles. The normalized spacial score (nSPS) is 15.0. The molecular formula is C18H29N3O2S2. The number of nitrogens with zero attached hydrogens (tertiary/aromatic N) is 1. The average molecular weight is 384 g/mol.